The molecule has 0 aliphatic rings. The van der Waals surface area contributed by atoms with E-state index in [1.165, 1.54) is 6.33 Å². The Hall–Kier alpha value is -1.52. The third-order valence-electron chi connectivity index (χ3n) is 2.19. The SMILES string of the molecule is CC(N)c1ncc(-c2cncnc2)cc1Cl. The zero-order valence-corrected chi connectivity index (χ0v) is 9.52. The maximum absolute atomic E-state index is 6.09. The number of aromatic nitrogens is 3. The van der Waals surface area contributed by atoms with Gasteiger partial charge in [0, 0.05) is 35.8 Å². The fourth-order valence-electron chi connectivity index (χ4n) is 1.39. The molecule has 82 valence electrons. The number of hydrogen-bond acceptors (Lipinski definition) is 4. The van der Waals surface area contributed by atoms with Crippen molar-refractivity contribution in [3.8, 4) is 11.1 Å². The van der Waals surface area contributed by atoms with Crippen molar-refractivity contribution >= 4 is 11.6 Å². The first-order valence-corrected chi connectivity index (χ1v) is 5.22. The molecule has 0 radical (unpaired) electrons. The molecule has 16 heavy (non-hydrogen) atoms. The molecule has 2 heterocycles. The molecule has 0 amide bonds. The fourth-order valence-corrected chi connectivity index (χ4v) is 1.73. The van der Waals surface area contributed by atoms with E-state index < -0.39 is 0 Å². The monoisotopic (exact) mass is 234 g/mol. The predicted molar refractivity (Wildman–Crippen MR) is 62.9 cm³/mol. The van der Waals surface area contributed by atoms with Gasteiger partial charge in [-0.3, -0.25) is 4.98 Å². The van der Waals surface area contributed by atoms with Crippen LogP contribution in [0.1, 0.15) is 18.7 Å². The van der Waals surface area contributed by atoms with Gasteiger partial charge in [-0.1, -0.05) is 11.6 Å². The van der Waals surface area contributed by atoms with Gasteiger partial charge < -0.3 is 5.73 Å². The van der Waals surface area contributed by atoms with E-state index in [1.54, 1.807) is 18.6 Å². The summed E-state index contributed by atoms with van der Waals surface area (Å²) < 4.78 is 0. The van der Waals surface area contributed by atoms with Crippen LogP contribution in [0, 0.1) is 0 Å². The average molecular weight is 235 g/mol. The summed E-state index contributed by atoms with van der Waals surface area (Å²) in [6, 6.07) is 1.65. The molecule has 0 bridgehead atoms. The Morgan fingerprint density at radius 1 is 1.19 bits per heavy atom. The molecular formula is C11H11ClN4. The molecule has 2 rings (SSSR count). The van der Waals surface area contributed by atoms with E-state index >= 15 is 0 Å². The standard InChI is InChI=1S/C11H11ClN4/c1-7(13)11-10(12)2-8(5-16-11)9-3-14-6-15-4-9/h2-7H,13H2,1H3. The molecule has 0 aliphatic carbocycles. The zero-order chi connectivity index (χ0) is 11.5. The lowest BCUT2D eigenvalue weighted by atomic mass is 10.1. The first kappa shape index (κ1) is 11.0. The highest BCUT2D eigenvalue weighted by Crippen LogP contribution is 2.25. The van der Waals surface area contributed by atoms with Crippen molar-refractivity contribution in [2.45, 2.75) is 13.0 Å². The first-order chi connectivity index (χ1) is 7.68. The van der Waals surface area contributed by atoms with Gasteiger partial charge in [0.25, 0.3) is 0 Å². The van der Waals surface area contributed by atoms with Gasteiger partial charge in [0.1, 0.15) is 6.33 Å². The Balaban J connectivity index is 2.43. The minimum absolute atomic E-state index is 0.173. The predicted octanol–water partition coefficient (Wildman–Crippen LogP) is 2.21. The molecule has 0 aliphatic heterocycles. The molecule has 2 aromatic rings. The summed E-state index contributed by atoms with van der Waals surface area (Å²) in [4.78, 5) is 12.1. The first-order valence-electron chi connectivity index (χ1n) is 4.85. The lowest BCUT2D eigenvalue weighted by molar-refractivity contribution is 0.782. The second-order valence-electron chi connectivity index (χ2n) is 3.51. The molecule has 2 N–H and O–H groups in total. The molecule has 0 fully saturated rings. The molecule has 0 saturated heterocycles. The Kier molecular flexibility index (Phi) is 3.12. The summed E-state index contributed by atoms with van der Waals surface area (Å²) in [6.07, 6.45) is 6.63. The number of rotatable bonds is 2. The van der Waals surface area contributed by atoms with Gasteiger partial charge >= 0.3 is 0 Å². The topological polar surface area (TPSA) is 64.7 Å². The fraction of sp³-hybridized carbons (Fsp3) is 0.182. The van der Waals surface area contributed by atoms with Gasteiger partial charge in [0.15, 0.2) is 0 Å². The van der Waals surface area contributed by atoms with Crippen molar-refractivity contribution in [3.05, 3.63) is 41.7 Å². The summed E-state index contributed by atoms with van der Waals surface area (Å²) in [5.41, 5.74) is 8.19. The zero-order valence-electron chi connectivity index (χ0n) is 8.76. The summed E-state index contributed by atoms with van der Waals surface area (Å²) in [7, 11) is 0. The van der Waals surface area contributed by atoms with E-state index in [-0.39, 0.29) is 6.04 Å². The van der Waals surface area contributed by atoms with E-state index in [4.69, 9.17) is 17.3 Å². The van der Waals surface area contributed by atoms with Crippen LogP contribution in [0.2, 0.25) is 5.02 Å². The Morgan fingerprint density at radius 3 is 2.44 bits per heavy atom. The molecule has 0 spiro atoms. The largest absolute Gasteiger partial charge is 0.323 e. The molecule has 0 saturated carbocycles. The highest BCUT2D eigenvalue weighted by Gasteiger charge is 2.08. The van der Waals surface area contributed by atoms with Crippen LogP contribution in [-0.2, 0) is 0 Å². The van der Waals surface area contributed by atoms with Crippen molar-refractivity contribution < 1.29 is 0 Å². The van der Waals surface area contributed by atoms with Gasteiger partial charge in [0.05, 0.1) is 10.7 Å². The molecular weight excluding hydrogens is 224 g/mol. The second-order valence-corrected chi connectivity index (χ2v) is 3.91. The van der Waals surface area contributed by atoms with Crippen molar-refractivity contribution in [2.24, 2.45) is 5.73 Å². The second kappa shape index (κ2) is 4.55. The van der Waals surface area contributed by atoms with Gasteiger partial charge in [-0.25, -0.2) is 9.97 Å². The quantitative estimate of drug-likeness (QED) is 0.865. The van der Waals surface area contributed by atoms with Crippen molar-refractivity contribution in [2.75, 3.05) is 0 Å². The van der Waals surface area contributed by atoms with Crippen LogP contribution in [0.15, 0.2) is 31.0 Å². The highest BCUT2D eigenvalue weighted by molar-refractivity contribution is 6.31. The normalized spacial score (nSPS) is 12.4. The van der Waals surface area contributed by atoms with Crippen LogP contribution < -0.4 is 5.73 Å². The molecule has 1 atom stereocenters. The maximum Gasteiger partial charge on any atom is 0.115 e. The summed E-state index contributed by atoms with van der Waals surface area (Å²) in [6.45, 7) is 1.85. The van der Waals surface area contributed by atoms with Crippen molar-refractivity contribution in [3.63, 3.8) is 0 Å². The van der Waals surface area contributed by atoms with E-state index in [2.05, 4.69) is 15.0 Å². The molecule has 1 unspecified atom stereocenters. The van der Waals surface area contributed by atoms with Crippen LogP contribution >= 0.6 is 11.6 Å². The maximum atomic E-state index is 6.09. The number of hydrogen-bond donors (Lipinski definition) is 1. The lowest BCUT2D eigenvalue weighted by Gasteiger charge is -2.08. The third-order valence-corrected chi connectivity index (χ3v) is 2.50. The number of nitrogens with zero attached hydrogens (tertiary/aromatic N) is 3. The Labute approximate surface area is 98.5 Å². The van der Waals surface area contributed by atoms with Crippen LogP contribution in [-0.4, -0.2) is 15.0 Å². The minimum atomic E-state index is -0.173. The van der Waals surface area contributed by atoms with E-state index in [0.29, 0.717) is 10.7 Å². The van der Waals surface area contributed by atoms with E-state index in [9.17, 15) is 0 Å². The van der Waals surface area contributed by atoms with Crippen LogP contribution in [0.4, 0.5) is 0 Å². The van der Waals surface area contributed by atoms with E-state index in [1.807, 2.05) is 13.0 Å². The number of pyridine rings is 1. The molecule has 0 aromatic carbocycles. The molecule has 2 aromatic heterocycles. The summed E-state index contributed by atoms with van der Waals surface area (Å²) in [5, 5.41) is 0.566. The van der Waals surface area contributed by atoms with Crippen LogP contribution in [0.25, 0.3) is 11.1 Å². The van der Waals surface area contributed by atoms with Crippen molar-refractivity contribution in [1.29, 1.82) is 0 Å². The van der Waals surface area contributed by atoms with E-state index in [0.717, 1.165) is 11.1 Å². The summed E-state index contributed by atoms with van der Waals surface area (Å²) in [5.74, 6) is 0. The highest BCUT2D eigenvalue weighted by atomic mass is 35.5. The van der Waals surface area contributed by atoms with Gasteiger partial charge in [0.2, 0.25) is 0 Å². The van der Waals surface area contributed by atoms with Gasteiger partial charge in [-0.2, -0.15) is 0 Å². The molecule has 4 nitrogen and oxygen atoms in total. The molecule has 5 heteroatoms. The smallest absolute Gasteiger partial charge is 0.115 e. The Bertz CT molecular complexity index is 485. The average Bonchev–Trinajstić information content (AvgIpc) is 2.29. The Morgan fingerprint density at radius 2 is 1.88 bits per heavy atom. The summed E-state index contributed by atoms with van der Waals surface area (Å²) >= 11 is 6.09. The van der Waals surface area contributed by atoms with Crippen LogP contribution in [0.5, 0.6) is 0 Å². The number of nitrogens with two attached hydrogens (primary N) is 1. The van der Waals surface area contributed by atoms with Gasteiger partial charge in [-0.15, -0.1) is 0 Å². The minimum Gasteiger partial charge on any atom is -0.323 e. The third kappa shape index (κ3) is 2.18. The lowest BCUT2D eigenvalue weighted by Crippen LogP contribution is -2.07. The number of halogens is 1. The van der Waals surface area contributed by atoms with Crippen LogP contribution in [0.3, 0.4) is 0 Å². The van der Waals surface area contributed by atoms with Crippen molar-refractivity contribution in [1.82, 2.24) is 15.0 Å². The van der Waals surface area contributed by atoms with Gasteiger partial charge in [-0.05, 0) is 13.0 Å².